The van der Waals surface area contributed by atoms with Crippen LogP contribution in [0.15, 0.2) is 224 Å². The van der Waals surface area contributed by atoms with E-state index >= 15 is 0 Å². The van der Waals surface area contributed by atoms with Gasteiger partial charge in [0.25, 0.3) is 0 Å². The Morgan fingerprint density at radius 2 is 1.05 bits per heavy atom. The van der Waals surface area contributed by atoms with E-state index in [4.69, 9.17) is 0 Å². The van der Waals surface area contributed by atoms with Gasteiger partial charge in [0, 0.05) is 49.1 Å². The van der Waals surface area contributed by atoms with Crippen molar-refractivity contribution in [3.8, 4) is 33.4 Å². The van der Waals surface area contributed by atoms with Gasteiger partial charge in [0.2, 0.25) is 0 Å². The first-order valence-electron chi connectivity index (χ1n) is 21.3. The topological polar surface area (TPSA) is 3.24 Å². The Morgan fingerprint density at radius 1 is 0.410 bits per heavy atom. The minimum atomic E-state index is -0.308. The molecule has 2 heteroatoms. The Labute approximate surface area is 359 Å². The summed E-state index contributed by atoms with van der Waals surface area (Å²) in [7, 11) is 0. The van der Waals surface area contributed by atoms with Gasteiger partial charge < -0.3 is 4.90 Å². The molecule has 9 aromatic carbocycles. The molecule has 2 unspecified atom stereocenters. The van der Waals surface area contributed by atoms with E-state index in [0.717, 1.165) is 17.1 Å². The van der Waals surface area contributed by atoms with Crippen LogP contribution in [0.3, 0.4) is 0 Å². The molecule has 0 radical (unpaired) electrons. The summed E-state index contributed by atoms with van der Waals surface area (Å²) in [6.07, 6.45) is 9.43. The van der Waals surface area contributed by atoms with E-state index in [2.05, 4.69) is 229 Å². The van der Waals surface area contributed by atoms with E-state index in [1.54, 1.807) is 0 Å². The molecule has 1 aromatic heterocycles. The van der Waals surface area contributed by atoms with Gasteiger partial charge in [-0.3, -0.25) is 0 Å². The van der Waals surface area contributed by atoms with E-state index < -0.39 is 0 Å². The van der Waals surface area contributed by atoms with E-state index in [9.17, 15) is 0 Å². The first kappa shape index (κ1) is 34.6. The SMILES string of the molecule is C1=CC2c3ccc(N(c4ccc(-c5ccc6ccccc6c5-c5ccccc5)cc4)c4ccc5sc6ccccc6c5c4)cc3C3(c4ccccc4-c4ccccc43)C2C=C1. The first-order valence-corrected chi connectivity index (χ1v) is 22.2. The summed E-state index contributed by atoms with van der Waals surface area (Å²) in [5.74, 6) is 0.560. The number of thiophene rings is 1. The maximum atomic E-state index is 2.54. The molecule has 0 amide bonds. The molecule has 0 saturated heterocycles. The molecule has 0 fully saturated rings. The van der Waals surface area contributed by atoms with E-state index in [0.29, 0.717) is 0 Å². The summed E-state index contributed by atoms with van der Waals surface area (Å²) < 4.78 is 2.62. The van der Waals surface area contributed by atoms with Crippen LogP contribution in [0, 0.1) is 5.92 Å². The number of nitrogens with zero attached hydrogens (tertiary/aromatic N) is 1. The van der Waals surface area contributed by atoms with Gasteiger partial charge in [0.1, 0.15) is 0 Å². The Hall–Kier alpha value is -7.26. The second-order valence-electron chi connectivity index (χ2n) is 16.7. The maximum Gasteiger partial charge on any atom is 0.0538 e. The number of fused-ring (bicyclic) bond motifs is 14. The predicted octanol–water partition coefficient (Wildman–Crippen LogP) is 16.2. The molecule has 10 aromatic rings. The van der Waals surface area contributed by atoms with Gasteiger partial charge >= 0.3 is 0 Å². The summed E-state index contributed by atoms with van der Waals surface area (Å²) >= 11 is 1.87. The van der Waals surface area contributed by atoms with E-state index in [-0.39, 0.29) is 17.3 Å². The zero-order valence-electron chi connectivity index (χ0n) is 33.4. The third-order valence-electron chi connectivity index (χ3n) is 13.8. The summed E-state index contributed by atoms with van der Waals surface area (Å²) in [5, 5.41) is 5.11. The molecule has 0 N–H and O–H groups in total. The fraction of sp³-hybridized carbons (Fsp3) is 0.0508. The molecule has 286 valence electrons. The average molecular weight is 794 g/mol. The van der Waals surface area contributed by atoms with Crippen LogP contribution < -0.4 is 4.90 Å². The number of hydrogen-bond acceptors (Lipinski definition) is 2. The molecule has 13 rings (SSSR count). The average Bonchev–Trinajstić information content (AvgIpc) is 3.96. The Balaban J connectivity index is 1.03. The van der Waals surface area contributed by atoms with Crippen LogP contribution in [0.25, 0.3) is 64.3 Å². The Kier molecular flexibility index (Phi) is 7.58. The van der Waals surface area contributed by atoms with Crippen LogP contribution >= 0.6 is 11.3 Å². The van der Waals surface area contributed by atoms with Crippen molar-refractivity contribution in [2.24, 2.45) is 5.92 Å². The van der Waals surface area contributed by atoms with Crippen molar-refractivity contribution in [1.29, 1.82) is 0 Å². The molecule has 1 spiro atoms. The summed E-state index contributed by atoms with van der Waals surface area (Å²) in [6.45, 7) is 0. The zero-order chi connectivity index (χ0) is 40.1. The van der Waals surface area contributed by atoms with Crippen molar-refractivity contribution in [2.75, 3.05) is 4.90 Å². The lowest BCUT2D eigenvalue weighted by molar-refractivity contribution is 0.465. The van der Waals surface area contributed by atoms with Gasteiger partial charge in [-0.1, -0.05) is 176 Å². The van der Waals surface area contributed by atoms with Crippen molar-refractivity contribution >= 4 is 59.3 Å². The molecule has 3 aliphatic rings. The van der Waals surface area contributed by atoms with Crippen LogP contribution in [0.1, 0.15) is 28.2 Å². The highest BCUT2D eigenvalue weighted by Gasteiger charge is 2.57. The molecule has 1 heterocycles. The lowest BCUT2D eigenvalue weighted by Crippen LogP contribution is -2.33. The second-order valence-corrected chi connectivity index (χ2v) is 17.8. The fourth-order valence-corrected chi connectivity index (χ4v) is 12.3. The van der Waals surface area contributed by atoms with Crippen molar-refractivity contribution in [3.63, 3.8) is 0 Å². The van der Waals surface area contributed by atoms with Crippen LogP contribution in [-0.4, -0.2) is 0 Å². The Bertz CT molecular complexity index is 3400. The van der Waals surface area contributed by atoms with Crippen molar-refractivity contribution < 1.29 is 0 Å². The fourth-order valence-electron chi connectivity index (χ4n) is 11.2. The molecule has 1 nitrogen and oxygen atoms in total. The third-order valence-corrected chi connectivity index (χ3v) is 14.9. The Morgan fingerprint density at radius 3 is 1.87 bits per heavy atom. The highest BCUT2D eigenvalue weighted by atomic mass is 32.1. The van der Waals surface area contributed by atoms with Gasteiger partial charge in [-0.05, 0) is 115 Å². The number of rotatable bonds is 5. The van der Waals surface area contributed by atoms with Crippen molar-refractivity contribution in [1.82, 2.24) is 0 Å². The van der Waals surface area contributed by atoms with Crippen LogP contribution in [-0.2, 0) is 5.41 Å². The number of benzene rings is 9. The highest BCUT2D eigenvalue weighted by Crippen LogP contribution is 2.65. The predicted molar refractivity (Wildman–Crippen MR) is 259 cm³/mol. The minimum Gasteiger partial charge on any atom is -0.310 e. The van der Waals surface area contributed by atoms with Crippen molar-refractivity contribution in [2.45, 2.75) is 11.3 Å². The van der Waals surface area contributed by atoms with Gasteiger partial charge in [-0.2, -0.15) is 0 Å². The standard InChI is InChI=1S/C59H39NS/c1-2-15-40(16-3-1)58-44-17-5-4-14-38(44)28-33-45(58)39-26-29-41(30-27-39)60(42-32-35-57-51(36-42)50-21-9-13-25-56(50)61-57)43-31-34-49-48-20-8-12-24-54(48)59(55(49)37-43)52-22-10-6-18-46(52)47-19-7-11-23-53(47)59/h1-37,48,54H. The molecule has 61 heavy (non-hydrogen) atoms. The number of allylic oxidation sites excluding steroid dienone is 4. The van der Waals surface area contributed by atoms with E-state index in [1.165, 1.54) is 86.6 Å². The summed E-state index contributed by atoms with van der Waals surface area (Å²) in [4.78, 5) is 2.49. The zero-order valence-corrected chi connectivity index (χ0v) is 34.2. The van der Waals surface area contributed by atoms with Crippen LogP contribution in [0.2, 0.25) is 0 Å². The lowest BCUT2D eigenvalue weighted by atomic mass is 9.65. The smallest absolute Gasteiger partial charge is 0.0538 e. The largest absolute Gasteiger partial charge is 0.310 e. The summed E-state index contributed by atoms with van der Waals surface area (Å²) in [6, 6.07) is 74.9. The van der Waals surface area contributed by atoms with Gasteiger partial charge in [-0.15, -0.1) is 11.3 Å². The van der Waals surface area contributed by atoms with Gasteiger partial charge in [0.15, 0.2) is 0 Å². The molecule has 0 aliphatic heterocycles. The number of hydrogen-bond donors (Lipinski definition) is 0. The third kappa shape index (κ3) is 5.00. The molecule has 3 aliphatic carbocycles. The second kappa shape index (κ2) is 13.4. The van der Waals surface area contributed by atoms with E-state index in [1.807, 2.05) is 11.3 Å². The monoisotopic (exact) mass is 793 g/mol. The number of anilines is 3. The van der Waals surface area contributed by atoms with Gasteiger partial charge in [-0.25, -0.2) is 0 Å². The highest BCUT2D eigenvalue weighted by molar-refractivity contribution is 7.25. The molecule has 0 bridgehead atoms. The quantitative estimate of drug-likeness (QED) is 0.168. The summed E-state index contributed by atoms with van der Waals surface area (Å²) in [5.41, 5.74) is 16.4. The maximum absolute atomic E-state index is 2.54. The molecule has 2 atom stereocenters. The first-order chi connectivity index (χ1) is 30.3. The minimum absolute atomic E-state index is 0.273. The molecule has 0 saturated carbocycles. The molecular weight excluding hydrogens is 755 g/mol. The van der Waals surface area contributed by atoms with Crippen LogP contribution in [0.5, 0.6) is 0 Å². The van der Waals surface area contributed by atoms with Crippen LogP contribution in [0.4, 0.5) is 17.1 Å². The van der Waals surface area contributed by atoms with Crippen molar-refractivity contribution in [3.05, 3.63) is 247 Å². The van der Waals surface area contributed by atoms with Gasteiger partial charge in [0.05, 0.1) is 5.41 Å². The lowest BCUT2D eigenvalue weighted by Gasteiger charge is -2.36. The normalized spacial score (nSPS) is 16.5. The molecular formula is C59H39NS.